The van der Waals surface area contributed by atoms with Crippen LogP contribution >= 0.6 is 0 Å². The zero-order valence-electron chi connectivity index (χ0n) is 43.3. The van der Waals surface area contributed by atoms with Crippen molar-refractivity contribution in [2.45, 2.75) is 205 Å². The van der Waals surface area contributed by atoms with E-state index in [0.717, 1.165) is 37.7 Å². The summed E-state index contributed by atoms with van der Waals surface area (Å²) in [6.07, 6.45) is 16.6. The number of allylic oxidation sites excluding steroid dienone is 6. The number of esters is 1. The van der Waals surface area contributed by atoms with Crippen LogP contribution in [-0.4, -0.2) is 133 Å². The van der Waals surface area contributed by atoms with Gasteiger partial charge in [-0.3, -0.25) is 19.2 Å². The molecule has 5 aliphatic rings. The molecule has 69 heavy (non-hydrogen) atoms. The third-order valence-electron chi connectivity index (χ3n) is 15.9. The van der Waals surface area contributed by atoms with E-state index in [-0.39, 0.29) is 67.0 Å². The molecule has 2 saturated heterocycles. The summed E-state index contributed by atoms with van der Waals surface area (Å²) in [5.41, 5.74) is 1.23. The number of ketones is 3. The van der Waals surface area contributed by atoms with Gasteiger partial charge in [0.1, 0.15) is 18.2 Å². The number of nitrogens with zero attached hydrogens (tertiary/aromatic N) is 1. The number of ether oxygens (including phenoxy) is 6. The normalized spacial score (nSPS) is 38.3. The van der Waals surface area contributed by atoms with Gasteiger partial charge in [-0.05, 0) is 126 Å². The molecule has 1 amide bonds. The lowest BCUT2D eigenvalue weighted by atomic mass is 9.78. The van der Waals surface area contributed by atoms with Gasteiger partial charge in [0.25, 0.3) is 11.7 Å². The molecule has 2 bridgehead atoms. The van der Waals surface area contributed by atoms with Gasteiger partial charge in [-0.1, -0.05) is 71.1 Å². The predicted molar refractivity (Wildman–Crippen MR) is 262 cm³/mol. The van der Waals surface area contributed by atoms with Gasteiger partial charge in [0.2, 0.25) is 5.79 Å². The van der Waals surface area contributed by atoms with Crippen LogP contribution in [0.4, 0.5) is 0 Å². The van der Waals surface area contributed by atoms with E-state index in [1.807, 2.05) is 58.1 Å². The van der Waals surface area contributed by atoms with E-state index in [9.17, 15) is 34.2 Å². The molecular weight excluding hydrogens is 883 g/mol. The molecule has 2 aliphatic carbocycles. The minimum atomic E-state index is -2.42. The van der Waals surface area contributed by atoms with E-state index in [1.165, 1.54) is 18.4 Å². The summed E-state index contributed by atoms with van der Waals surface area (Å²) >= 11 is 0. The van der Waals surface area contributed by atoms with Crippen LogP contribution in [0.3, 0.4) is 0 Å². The number of aliphatic hydroxyl groups excluding tert-OH is 1. The maximum absolute atomic E-state index is 14.5. The molecule has 0 spiro atoms. The number of piperidine rings is 1. The number of carbonyl (C=O) groups is 5. The molecule has 4 fully saturated rings. The van der Waals surface area contributed by atoms with Gasteiger partial charge in [-0.15, -0.1) is 0 Å². The van der Waals surface area contributed by atoms with Gasteiger partial charge in [0.05, 0.1) is 36.6 Å². The molecule has 3 heterocycles. The first-order valence-electron chi connectivity index (χ1n) is 26.0. The molecule has 2 saturated carbocycles. The molecule has 14 nitrogen and oxygen atoms in total. The quantitative estimate of drug-likeness (QED) is 0.178. The number of methoxy groups -OCH3 is 3. The standard InChI is InChI=1S/C55H85NO13/c1-33-17-12-11-13-18-34(2)46(64-8)31-42-24-22-39(7)55(63,69-42)52(60)53(61)56-26-15-14-21-43(56)54(62)68-47(36(4)29-40-23-25-45(48(30-40)65-9)67-41-19-16-20-41)32-44(57)35(3)28-38(6)50(59)51(66-10)49(58)37(5)27-33/h11-13,17-18,28,33,36-43,45-48,50-51,59,63H,14-16,19-27,29-32H2,1-10H3/b13-11?,17-12?,34-18?,35-28+/t33-,36+,37-,38?,39-,40?,42+,43+,45?,46+,47+,48?,50?,51+,55-/m1/s1. The maximum atomic E-state index is 14.5. The minimum absolute atomic E-state index is 0.0123. The largest absolute Gasteiger partial charge is 0.460 e. The van der Waals surface area contributed by atoms with Crippen molar-refractivity contribution in [2.24, 2.45) is 35.5 Å². The number of amides is 1. The van der Waals surface area contributed by atoms with Crippen molar-refractivity contribution in [1.29, 1.82) is 0 Å². The number of hydrogen-bond acceptors (Lipinski definition) is 13. The highest BCUT2D eigenvalue weighted by Gasteiger charge is 2.53. The number of Topliss-reactive ketones (excluding diaryl/α,β-unsaturated/α-hetero) is 3. The van der Waals surface area contributed by atoms with E-state index >= 15 is 0 Å². The third-order valence-corrected chi connectivity index (χ3v) is 15.9. The lowest BCUT2D eigenvalue weighted by Gasteiger charge is -2.42. The molecule has 2 N–H and O–H groups in total. The average Bonchev–Trinajstić information content (AvgIpc) is 3.31. The Kier molecular flexibility index (Phi) is 21.6. The van der Waals surface area contributed by atoms with Crippen LogP contribution in [0.15, 0.2) is 47.6 Å². The monoisotopic (exact) mass is 968 g/mol. The topological polar surface area (TPSA) is 184 Å². The van der Waals surface area contributed by atoms with E-state index in [0.29, 0.717) is 50.5 Å². The molecule has 3 aliphatic heterocycles. The van der Waals surface area contributed by atoms with Crippen LogP contribution in [-0.2, 0) is 52.4 Å². The van der Waals surface area contributed by atoms with Crippen LogP contribution < -0.4 is 0 Å². The summed E-state index contributed by atoms with van der Waals surface area (Å²) in [4.78, 5) is 72.3. The van der Waals surface area contributed by atoms with Gasteiger partial charge in [0, 0.05) is 58.5 Å². The Hall–Kier alpha value is -3.37. The number of hydrogen-bond donors (Lipinski definition) is 2. The number of aliphatic hydroxyl groups is 2. The number of fused-ring (bicyclic) bond motifs is 3. The molecule has 0 aromatic carbocycles. The fourth-order valence-corrected chi connectivity index (χ4v) is 11.0. The Morgan fingerprint density at radius 2 is 1.57 bits per heavy atom. The number of rotatable bonds is 8. The van der Waals surface area contributed by atoms with Crippen LogP contribution in [0.25, 0.3) is 0 Å². The SMILES string of the molecule is COC1CC(C[C@H](C)[C@@H]2CC(=O)/C(C)=C/C(C)C(O)[C@@H](OC)C(=O)[C@H](C)C[C@H](C)C=CC=CC=C(C)[C@@H](OC)C[C@@H]3CC[C@@H](C)[C@@](O)(O3)C(=O)C(=O)N3CCCC[C@H]3C(=O)O2)CCC1OC1CCC1. The Labute approximate surface area is 411 Å². The maximum Gasteiger partial charge on any atom is 0.329 e. The summed E-state index contributed by atoms with van der Waals surface area (Å²) in [5.74, 6) is -7.65. The van der Waals surface area contributed by atoms with Crippen LogP contribution in [0, 0.1) is 35.5 Å². The Morgan fingerprint density at radius 3 is 2.23 bits per heavy atom. The zero-order valence-corrected chi connectivity index (χ0v) is 43.3. The molecule has 388 valence electrons. The van der Waals surface area contributed by atoms with Crippen molar-refractivity contribution in [3.8, 4) is 0 Å². The van der Waals surface area contributed by atoms with Crippen LogP contribution in [0.5, 0.6) is 0 Å². The first-order valence-corrected chi connectivity index (χ1v) is 26.0. The van der Waals surface area contributed by atoms with Crippen molar-refractivity contribution in [2.75, 3.05) is 27.9 Å². The lowest BCUT2D eigenvalue weighted by Crippen LogP contribution is -2.61. The van der Waals surface area contributed by atoms with Gasteiger partial charge in [-0.2, -0.15) is 0 Å². The number of cyclic esters (lactones) is 1. The third kappa shape index (κ3) is 14.9. The smallest absolute Gasteiger partial charge is 0.329 e. The Balaban J connectivity index is 1.45. The van der Waals surface area contributed by atoms with E-state index in [2.05, 4.69) is 0 Å². The summed E-state index contributed by atoms with van der Waals surface area (Å²) in [5, 5.41) is 23.5. The van der Waals surface area contributed by atoms with Crippen LogP contribution in [0.1, 0.15) is 145 Å². The Morgan fingerprint density at radius 1 is 0.826 bits per heavy atom. The fraction of sp³-hybridized carbons (Fsp3) is 0.764. The first-order chi connectivity index (χ1) is 32.8. The van der Waals surface area contributed by atoms with Crippen molar-refractivity contribution >= 4 is 29.2 Å². The number of carbonyl (C=O) groups excluding carboxylic acids is 5. The molecule has 5 unspecified atom stereocenters. The Bertz CT molecular complexity index is 1870. The molecule has 0 aromatic heterocycles. The van der Waals surface area contributed by atoms with E-state index < -0.39 is 77.8 Å². The van der Waals surface area contributed by atoms with Crippen molar-refractivity contribution < 1.29 is 62.6 Å². The summed E-state index contributed by atoms with van der Waals surface area (Å²) < 4.78 is 36.4. The van der Waals surface area contributed by atoms with Crippen LogP contribution in [0.2, 0.25) is 0 Å². The molecule has 0 radical (unpaired) electrons. The zero-order chi connectivity index (χ0) is 50.6. The summed E-state index contributed by atoms with van der Waals surface area (Å²) in [7, 11) is 4.70. The second kappa shape index (κ2) is 26.4. The average molecular weight is 968 g/mol. The van der Waals surface area contributed by atoms with Gasteiger partial charge < -0.3 is 43.5 Å². The van der Waals surface area contributed by atoms with Gasteiger partial charge in [-0.25, -0.2) is 4.79 Å². The second-order valence-corrected chi connectivity index (χ2v) is 21.3. The summed E-state index contributed by atoms with van der Waals surface area (Å²) in [6, 6.07) is -1.12. The van der Waals surface area contributed by atoms with Gasteiger partial charge >= 0.3 is 5.97 Å². The molecule has 14 heteroatoms. The van der Waals surface area contributed by atoms with Crippen molar-refractivity contribution in [3.63, 3.8) is 0 Å². The van der Waals surface area contributed by atoms with Crippen molar-refractivity contribution in [1.82, 2.24) is 4.90 Å². The highest BCUT2D eigenvalue weighted by molar-refractivity contribution is 6.39. The first kappa shape index (κ1) is 56.5. The molecule has 5 rings (SSSR count). The van der Waals surface area contributed by atoms with Gasteiger partial charge in [0.15, 0.2) is 11.6 Å². The predicted octanol–water partition coefficient (Wildman–Crippen LogP) is 7.76. The van der Waals surface area contributed by atoms with E-state index in [1.54, 1.807) is 41.1 Å². The van der Waals surface area contributed by atoms with Crippen molar-refractivity contribution in [3.05, 3.63) is 47.6 Å². The second-order valence-electron chi connectivity index (χ2n) is 21.3. The minimum Gasteiger partial charge on any atom is -0.460 e. The highest BCUT2D eigenvalue weighted by Crippen LogP contribution is 2.39. The molecule has 0 aromatic rings. The molecular formula is C55H85NO13. The fourth-order valence-electron chi connectivity index (χ4n) is 11.0. The van der Waals surface area contributed by atoms with E-state index in [4.69, 9.17) is 28.4 Å². The highest BCUT2D eigenvalue weighted by atomic mass is 16.6. The lowest BCUT2D eigenvalue weighted by molar-refractivity contribution is -0.265. The molecule has 15 atom stereocenters. The summed E-state index contributed by atoms with van der Waals surface area (Å²) in [6.45, 7) is 12.9.